The molecule has 3 aromatic heterocycles. The number of rotatable bonds is 5. The Morgan fingerprint density at radius 2 is 2.06 bits per heavy atom. The molecule has 2 N–H and O–H groups in total. The topological polar surface area (TPSA) is 101 Å². The van der Waals surface area contributed by atoms with Crippen LogP contribution in [-0.2, 0) is 17.8 Å². The van der Waals surface area contributed by atoms with Crippen LogP contribution in [0.25, 0.3) is 16.7 Å². The fourth-order valence-corrected chi connectivity index (χ4v) is 4.26. The van der Waals surface area contributed by atoms with Crippen molar-refractivity contribution >= 4 is 22.6 Å². The van der Waals surface area contributed by atoms with Crippen LogP contribution in [0.15, 0.2) is 59.5 Å². The van der Waals surface area contributed by atoms with Gasteiger partial charge in [0.05, 0.1) is 23.6 Å². The summed E-state index contributed by atoms with van der Waals surface area (Å²) in [5, 5.41) is 12.0. The van der Waals surface area contributed by atoms with Gasteiger partial charge in [-0.15, -0.1) is 0 Å². The Hall–Kier alpha value is -3.78. The predicted octanol–water partition coefficient (Wildman–Crippen LogP) is 2.55. The third-order valence-electron chi connectivity index (χ3n) is 6.01. The Kier molecular flexibility index (Phi) is 5.51. The first kappa shape index (κ1) is 21.1. The first-order valence-corrected chi connectivity index (χ1v) is 11.1. The van der Waals surface area contributed by atoms with Crippen LogP contribution >= 0.6 is 0 Å². The molecule has 0 bridgehead atoms. The molecule has 1 atom stereocenters. The summed E-state index contributed by atoms with van der Waals surface area (Å²) in [6.07, 6.45) is 3.47. The van der Waals surface area contributed by atoms with Crippen molar-refractivity contribution in [3.05, 3.63) is 87.3 Å². The third-order valence-corrected chi connectivity index (χ3v) is 6.01. The number of amides is 1. The van der Waals surface area contributed by atoms with E-state index in [2.05, 4.69) is 5.32 Å². The van der Waals surface area contributed by atoms with Crippen LogP contribution in [-0.4, -0.2) is 32.6 Å². The molecule has 5 rings (SSSR count). The lowest BCUT2D eigenvalue weighted by Gasteiger charge is -2.17. The quantitative estimate of drug-likeness (QED) is 0.463. The summed E-state index contributed by atoms with van der Waals surface area (Å²) >= 11 is 0. The number of pyridine rings is 2. The molecule has 0 spiro atoms. The molecule has 1 aliphatic rings. The second-order valence-corrected chi connectivity index (χ2v) is 8.41. The van der Waals surface area contributed by atoms with Crippen LogP contribution in [0.1, 0.15) is 34.3 Å². The van der Waals surface area contributed by atoms with Crippen molar-refractivity contribution in [1.29, 1.82) is 5.41 Å². The predicted molar refractivity (Wildman–Crippen MR) is 124 cm³/mol. The zero-order valence-corrected chi connectivity index (χ0v) is 18.4. The Bertz CT molecular complexity index is 1470. The van der Waals surface area contributed by atoms with Crippen LogP contribution in [0.5, 0.6) is 0 Å². The molecule has 1 amide bonds. The van der Waals surface area contributed by atoms with E-state index in [1.165, 1.54) is 10.5 Å². The average molecular weight is 444 g/mol. The molecule has 0 radical (unpaired) electrons. The van der Waals surface area contributed by atoms with Gasteiger partial charge in [0.15, 0.2) is 0 Å². The Labute approximate surface area is 190 Å². The number of benzene rings is 1. The van der Waals surface area contributed by atoms with E-state index in [-0.39, 0.29) is 22.7 Å². The highest BCUT2D eigenvalue weighted by Crippen LogP contribution is 2.17. The van der Waals surface area contributed by atoms with Gasteiger partial charge in [0, 0.05) is 19.3 Å². The first-order chi connectivity index (χ1) is 16.0. The summed E-state index contributed by atoms with van der Waals surface area (Å²) in [7, 11) is 0. The number of aryl methyl sites for hydroxylation is 1. The smallest absolute Gasteiger partial charge is 0.267 e. The summed E-state index contributed by atoms with van der Waals surface area (Å²) in [5.74, 6) is -0.402. The fraction of sp³-hybridized carbons (Fsp3) is 0.280. The summed E-state index contributed by atoms with van der Waals surface area (Å²) < 4.78 is 8.92. The van der Waals surface area contributed by atoms with Gasteiger partial charge in [-0.2, -0.15) is 0 Å². The molecule has 1 unspecified atom stereocenters. The summed E-state index contributed by atoms with van der Waals surface area (Å²) in [6.45, 7) is 3.27. The van der Waals surface area contributed by atoms with Gasteiger partial charge >= 0.3 is 0 Å². The van der Waals surface area contributed by atoms with Crippen LogP contribution in [0.4, 0.5) is 0 Å². The van der Waals surface area contributed by atoms with Gasteiger partial charge in [-0.25, -0.2) is 4.98 Å². The molecule has 168 valence electrons. The van der Waals surface area contributed by atoms with Gasteiger partial charge in [-0.3, -0.25) is 19.4 Å². The molecule has 4 aromatic rings. The minimum atomic E-state index is -0.402. The van der Waals surface area contributed by atoms with E-state index in [0.29, 0.717) is 36.4 Å². The standard InChI is InChI=1S/C25H25N5O3/c1-16-9-10-21-28-23-20(25(32)29(21)14-16)12-19(22(26)30(23)15-18-8-5-11-33-18)24(31)27-13-17-6-3-2-4-7-17/h2-4,6-7,9-10,12,14,18,26H,5,8,11,13,15H2,1H3,(H,27,31). The normalized spacial score (nSPS) is 15.8. The van der Waals surface area contributed by atoms with E-state index < -0.39 is 5.91 Å². The maximum absolute atomic E-state index is 13.4. The van der Waals surface area contributed by atoms with Gasteiger partial charge < -0.3 is 14.6 Å². The number of hydrogen-bond acceptors (Lipinski definition) is 5. The molecule has 4 heterocycles. The van der Waals surface area contributed by atoms with Gasteiger partial charge in [0.2, 0.25) is 0 Å². The number of fused-ring (bicyclic) bond motifs is 2. The number of hydrogen-bond donors (Lipinski definition) is 2. The van der Waals surface area contributed by atoms with E-state index in [4.69, 9.17) is 15.1 Å². The van der Waals surface area contributed by atoms with Crippen molar-refractivity contribution in [1.82, 2.24) is 19.3 Å². The van der Waals surface area contributed by atoms with Gasteiger partial charge in [0.1, 0.15) is 16.8 Å². The molecule has 0 aliphatic carbocycles. The summed E-state index contributed by atoms with van der Waals surface area (Å²) in [6, 6.07) is 14.7. The molecule has 8 heteroatoms. The third kappa shape index (κ3) is 4.05. The van der Waals surface area contributed by atoms with Crippen molar-refractivity contribution in [2.45, 2.75) is 39.0 Å². The first-order valence-electron chi connectivity index (χ1n) is 11.1. The maximum Gasteiger partial charge on any atom is 0.267 e. The number of nitrogens with one attached hydrogen (secondary N) is 2. The second-order valence-electron chi connectivity index (χ2n) is 8.41. The van der Waals surface area contributed by atoms with E-state index in [1.54, 1.807) is 16.8 Å². The Morgan fingerprint density at radius 1 is 1.24 bits per heavy atom. The van der Waals surface area contributed by atoms with E-state index >= 15 is 0 Å². The second kappa shape index (κ2) is 8.63. The highest BCUT2D eigenvalue weighted by Gasteiger charge is 2.22. The monoisotopic (exact) mass is 443 g/mol. The molecule has 8 nitrogen and oxygen atoms in total. The number of carbonyl (C=O) groups is 1. The van der Waals surface area contributed by atoms with Gasteiger partial charge in [-0.1, -0.05) is 36.4 Å². The van der Waals surface area contributed by atoms with Gasteiger partial charge in [-0.05, 0) is 43.0 Å². The highest BCUT2D eigenvalue weighted by molar-refractivity contribution is 5.96. The summed E-state index contributed by atoms with van der Waals surface area (Å²) in [4.78, 5) is 31.2. The number of carbonyl (C=O) groups excluding carboxylic acids is 1. The van der Waals surface area contributed by atoms with E-state index in [1.807, 2.05) is 43.3 Å². The Morgan fingerprint density at radius 3 is 2.82 bits per heavy atom. The minimum absolute atomic E-state index is 0.0203. The molecule has 33 heavy (non-hydrogen) atoms. The average Bonchev–Trinajstić information content (AvgIpc) is 3.34. The molecular weight excluding hydrogens is 418 g/mol. The number of aromatic nitrogens is 3. The van der Waals surface area contributed by atoms with Crippen molar-refractivity contribution in [3.63, 3.8) is 0 Å². The zero-order chi connectivity index (χ0) is 22.9. The molecule has 1 fully saturated rings. The SMILES string of the molecule is Cc1ccc2nc3c(cc(C(=O)NCc4ccccc4)c(=N)n3CC3CCCO3)c(=O)n2c1. The van der Waals surface area contributed by atoms with Crippen LogP contribution in [0.3, 0.4) is 0 Å². The van der Waals surface area contributed by atoms with Crippen molar-refractivity contribution in [2.75, 3.05) is 6.61 Å². The van der Waals surface area contributed by atoms with Crippen LogP contribution < -0.4 is 16.4 Å². The molecule has 1 saturated heterocycles. The number of ether oxygens (including phenoxy) is 1. The lowest BCUT2D eigenvalue weighted by molar-refractivity contribution is 0.0931. The molecule has 0 saturated carbocycles. The lowest BCUT2D eigenvalue weighted by Crippen LogP contribution is -2.36. The maximum atomic E-state index is 13.4. The zero-order valence-electron chi connectivity index (χ0n) is 18.4. The molecule has 1 aliphatic heterocycles. The highest BCUT2D eigenvalue weighted by atomic mass is 16.5. The van der Waals surface area contributed by atoms with Crippen molar-refractivity contribution in [3.8, 4) is 0 Å². The van der Waals surface area contributed by atoms with E-state index in [0.717, 1.165) is 24.0 Å². The lowest BCUT2D eigenvalue weighted by atomic mass is 10.1. The molecular formula is C25H25N5O3. The summed E-state index contributed by atoms with van der Waals surface area (Å²) in [5.41, 5.74) is 2.67. The van der Waals surface area contributed by atoms with Crippen molar-refractivity contribution in [2.24, 2.45) is 0 Å². The van der Waals surface area contributed by atoms with Crippen molar-refractivity contribution < 1.29 is 9.53 Å². The fourth-order valence-electron chi connectivity index (χ4n) is 4.26. The number of nitrogens with zero attached hydrogens (tertiary/aromatic N) is 3. The Balaban J connectivity index is 1.65. The largest absolute Gasteiger partial charge is 0.376 e. The molecule has 1 aromatic carbocycles. The van der Waals surface area contributed by atoms with E-state index in [9.17, 15) is 9.59 Å². The van der Waals surface area contributed by atoms with Crippen LogP contribution in [0.2, 0.25) is 0 Å². The minimum Gasteiger partial charge on any atom is -0.376 e. The van der Waals surface area contributed by atoms with Crippen LogP contribution in [0, 0.1) is 12.3 Å². The van der Waals surface area contributed by atoms with Gasteiger partial charge in [0.25, 0.3) is 11.5 Å².